The lowest BCUT2D eigenvalue weighted by molar-refractivity contribution is -0.384. The van der Waals surface area contributed by atoms with Crippen molar-refractivity contribution in [3.05, 3.63) is 106 Å². The fraction of sp³-hybridized carbons (Fsp3) is 0.0435. The predicted octanol–water partition coefficient (Wildman–Crippen LogP) is 5.40. The molecule has 8 nitrogen and oxygen atoms in total. The quantitative estimate of drug-likeness (QED) is 0.301. The van der Waals surface area contributed by atoms with Crippen LogP contribution < -0.4 is 10.1 Å². The first kappa shape index (κ1) is 21.1. The number of hydrogen-bond donors (Lipinski definition) is 1. The number of nitrogens with zero attached hydrogens (tertiary/aromatic N) is 3. The minimum Gasteiger partial charge on any atom is -0.471 e. The second-order valence-corrected chi connectivity index (χ2v) is 7.19. The standard InChI is InChI=1S/C23H17ClN4O4/c24-20-11-8-18(28(30)31)14-22(20)25-23(29)21-12-13-27(26-21)15-32-19-9-6-17(7-10-19)16-4-2-1-3-5-16/h1-14H,15H2,(H,25,29). The van der Waals surface area contributed by atoms with Gasteiger partial charge in [0.05, 0.1) is 15.6 Å². The van der Waals surface area contributed by atoms with Gasteiger partial charge in [0, 0.05) is 18.3 Å². The van der Waals surface area contributed by atoms with Crippen LogP contribution in [-0.4, -0.2) is 20.6 Å². The Morgan fingerprint density at radius 2 is 1.75 bits per heavy atom. The van der Waals surface area contributed by atoms with E-state index in [2.05, 4.69) is 10.4 Å². The van der Waals surface area contributed by atoms with Gasteiger partial charge in [0.15, 0.2) is 12.4 Å². The van der Waals surface area contributed by atoms with Gasteiger partial charge >= 0.3 is 0 Å². The van der Waals surface area contributed by atoms with Gasteiger partial charge in [0.1, 0.15) is 5.75 Å². The van der Waals surface area contributed by atoms with Crippen molar-refractivity contribution in [3.8, 4) is 16.9 Å². The van der Waals surface area contributed by atoms with Crippen LogP contribution in [0, 0.1) is 10.1 Å². The summed E-state index contributed by atoms with van der Waals surface area (Å²) in [6, 6.07) is 23.0. The van der Waals surface area contributed by atoms with Gasteiger partial charge in [0.25, 0.3) is 11.6 Å². The van der Waals surface area contributed by atoms with Crippen LogP contribution in [-0.2, 0) is 6.73 Å². The number of non-ortho nitro benzene ring substituents is 1. The van der Waals surface area contributed by atoms with Crippen molar-refractivity contribution >= 4 is 28.9 Å². The maximum Gasteiger partial charge on any atom is 0.276 e. The Morgan fingerprint density at radius 3 is 2.47 bits per heavy atom. The fourth-order valence-electron chi connectivity index (χ4n) is 2.98. The van der Waals surface area contributed by atoms with Gasteiger partial charge in [-0.05, 0) is 35.4 Å². The van der Waals surface area contributed by atoms with Crippen LogP contribution in [0.2, 0.25) is 5.02 Å². The Bertz CT molecular complexity index is 1260. The largest absolute Gasteiger partial charge is 0.471 e. The zero-order valence-electron chi connectivity index (χ0n) is 16.6. The monoisotopic (exact) mass is 448 g/mol. The summed E-state index contributed by atoms with van der Waals surface area (Å²) in [5.74, 6) is 0.118. The summed E-state index contributed by atoms with van der Waals surface area (Å²) in [4.78, 5) is 22.8. The summed E-state index contributed by atoms with van der Waals surface area (Å²) in [6.45, 7) is 0.107. The summed E-state index contributed by atoms with van der Waals surface area (Å²) in [6.07, 6.45) is 1.60. The predicted molar refractivity (Wildman–Crippen MR) is 121 cm³/mol. The molecule has 0 bridgehead atoms. The van der Waals surface area contributed by atoms with Gasteiger partial charge in [-0.15, -0.1) is 0 Å². The number of nitro benzene ring substituents is 1. The van der Waals surface area contributed by atoms with E-state index in [1.165, 1.54) is 28.9 Å². The summed E-state index contributed by atoms with van der Waals surface area (Å²) in [5.41, 5.74) is 2.27. The molecule has 0 saturated heterocycles. The zero-order valence-corrected chi connectivity index (χ0v) is 17.4. The Kier molecular flexibility index (Phi) is 6.14. The highest BCUT2D eigenvalue weighted by molar-refractivity contribution is 6.34. The molecule has 160 valence electrons. The second-order valence-electron chi connectivity index (χ2n) is 6.78. The van der Waals surface area contributed by atoms with Crippen molar-refractivity contribution in [1.82, 2.24) is 9.78 Å². The van der Waals surface area contributed by atoms with E-state index < -0.39 is 10.8 Å². The summed E-state index contributed by atoms with van der Waals surface area (Å²) in [5, 5.41) is 17.8. The van der Waals surface area contributed by atoms with E-state index >= 15 is 0 Å². The molecule has 0 aliphatic heterocycles. The molecular weight excluding hydrogens is 432 g/mol. The van der Waals surface area contributed by atoms with Crippen molar-refractivity contribution in [1.29, 1.82) is 0 Å². The molecular formula is C23H17ClN4O4. The molecule has 4 aromatic rings. The van der Waals surface area contributed by atoms with Gasteiger partial charge < -0.3 is 10.1 Å². The lowest BCUT2D eigenvalue weighted by Gasteiger charge is -2.08. The lowest BCUT2D eigenvalue weighted by Crippen LogP contribution is -2.14. The van der Waals surface area contributed by atoms with Crippen LogP contribution in [0.3, 0.4) is 0 Å². The molecule has 1 N–H and O–H groups in total. The topological polar surface area (TPSA) is 99.3 Å². The maximum absolute atomic E-state index is 12.5. The molecule has 32 heavy (non-hydrogen) atoms. The molecule has 0 radical (unpaired) electrons. The minimum absolute atomic E-state index is 0.107. The molecule has 0 aliphatic rings. The Morgan fingerprint density at radius 1 is 1.03 bits per heavy atom. The number of nitro groups is 1. The Balaban J connectivity index is 1.37. The molecule has 0 unspecified atom stereocenters. The van der Waals surface area contributed by atoms with Crippen LogP contribution in [0.25, 0.3) is 11.1 Å². The number of aromatic nitrogens is 2. The van der Waals surface area contributed by atoms with E-state index in [1.807, 2.05) is 54.6 Å². The van der Waals surface area contributed by atoms with E-state index in [0.29, 0.717) is 5.75 Å². The number of halogens is 1. The average molecular weight is 449 g/mol. The number of carbonyl (C=O) groups is 1. The number of hydrogen-bond acceptors (Lipinski definition) is 5. The first-order valence-electron chi connectivity index (χ1n) is 9.56. The normalized spacial score (nSPS) is 10.5. The second kappa shape index (κ2) is 9.32. The third kappa shape index (κ3) is 4.93. The van der Waals surface area contributed by atoms with Crippen molar-refractivity contribution < 1.29 is 14.5 Å². The van der Waals surface area contributed by atoms with E-state index in [0.717, 1.165) is 11.1 Å². The SMILES string of the molecule is O=C(Nc1cc([N+](=O)[O-])ccc1Cl)c1ccn(COc2ccc(-c3ccccc3)cc2)n1. The van der Waals surface area contributed by atoms with Gasteiger partial charge in [-0.1, -0.05) is 54.1 Å². The first-order chi connectivity index (χ1) is 15.5. The molecule has 1 heterocycles. The van der Waals surface area contributed by atoms with Crippen molar-refractivity contribution in [2.45, 2.75) is 6.73 Å². The molecule has 1 aromatic heterocycles. The molecule has 0 aliphatic carbocycles. The first-order valence-corrected chi connectivity index (χ1v) is 9.94. The molecule has 4 rings (SSSR count). The van der Waals surface area contributed by atoms with Crippen LogP contribution in [0.15, 0.2) is 85.1 Å². The van der Waals surface area contributed by atoms with Crippen LogP contribution in [0.1, 0.15) is 10.5 Å². The molecule has 1 amide bonds. The van der Waals surface area contributed by atoms with Gasteiger partial charge in [-0.2, -0.15) is 5.10 Å². The van der Waals surface area contributed by atoms with Gasteiger partial charge in [-0.25, -0.2) is 4.68 Å². The molecule has 0 atom stereocenters. The van der Waals surface area contributed by atoms with E-state index in [-0.39, 0.29) is 28.8 Å². The minimum atomic E-state index is -0.565. The summed E-state index contributed by atoms with van der Waals surface area (Å²) >= 11 is 6.02. The third-order valence-electron chi connectivity index (χ3n) is 4.61. The number of anilines is 1. The highest BCUT2D eigenvalue weighted by Crippen LogP contribution is 2.27. The zero-order chi connectivity index (χ0) is 22.5. The number of nitrogens with one attached hydrogen (secondary N) is 1. The van der Waals surface area contributed by atoms with Crippen molar-refractivity contribution in [3.63, 3.8) is 0 Å². The average Bonchev–Trinajstić information content (AvgIpc) is 3.29. The van der Waals surface area contributed by atoms with Crippen LogP contribution >= 0.6 is 11.6 Å². The van der Waals surface area contributed by atoms with Gasteiger partial charge in [-0.3, -0.25) is 14.9 Å². The molecule has 0 saturated carbocycles. The van der Waals surface area contributed by atoms with Crippen LogP contribution in [0.4, 0.5) is 11.4 Å². The van der Waals surface area contributed by atoms with E-state index in [9.17, 15) is 14.9 Å². The molecule has 0 spiro atoms. The van der Waals surface area contributed by atoms with Crippen molar-refractivity contribution in [2.24, 2.45) is 0 Å². The maximum atomic E-state index is 12.5. The number of benzene rings is 3. The number of carbonyl (C=O) groups excluding carboxylic acids is 1. The van der Waals surface area contributed by atoms with E-state index in [1.54, 1.807) is 6.20 Å². The fourth-order valence-corrected chi connectivity index (χ4v) is 3.14. The van der Waals surface area contributed by atoms with E-state index in [4.69, 9.17) is 16.3 Å². The molecule has 3 aromatic carbocycles. The number of rotatable bonds is 7. The molecule has 0 fully saturated rings. The Hall–Kier alpha value is -4.17. The molecule has 9 heteroatoms. The highest BCUT2D eigenvalue weighted by atomic mass is 35.5. The smallest absolute Gasteiger partial charge is 0.276 e. The summed E-state index contributed by atoms with van der Waals surface area (Å²) < 4.78 is 7.20. The number of amides is 1. The highest BCUT2D eigenvalue weighted by Gasteiger charge is 2.15. The third-order valence-corrected chi connectivity index (χ3v) is 4.94. The van der Waals surface area contributed by atoms with Gasteiger partial charge in [0.2, 0.25) is 0 Å². The number of ether oxygens (including phenoxy) is 1. The van der Waals surface area contributed by atoms with Crippen LogP contribution in [0.5, 0.6) is 5.75 Å². The lowest BCUT2D eigenvalue weighted by atomic mass is 10.1. The van der Waals surface area contributed by atoms with Crippen molar-refractivity contribution in [2.75, 3.05) is 5.32 Å². The Labute approximate surface area is 188 Å². The summed E-state index contributed by atoms with van der Waals surface area (Å²) in [7, 11) is 0.